The van der Waals surface area contributed by atoms with E-state index in [0.717, 1.165) is 96.3 Å². The lowest BCUT2D eigenvalue weighted by Gasteiger charge is -2.32. The number of piperidine rings is 1. The molecule has 1 amide bonds. The Kier molecular flexibility index (Phi) is 9.18. The molecule has 7 nitrogen and oxygen atoms in total. The molecular formula is C22H35ClN4O3. The molecule has 0 aromatic carbocycles. The Morgan fingerprint density at radius 3 is 2.40 bits per heavy atom. The molecular weight excluding hydrogens is 404 g/mol. The third kappa shape index (κ3) is 6.30. The van der Waals surface area contributed by atoms with Crippen molar-refractivity contribution in [3.05, 3.63) is 18.3 Å². The van der Waals surface area contributed by atoms with Crippen molar-refractivity contribution in [2.45, 2.75) is 32.1 Å². The molecule has 4 rings (SSSR count). The highest BCUT2D eigenvalue weighted by Gasteiger charge is 2.26. The number of aromatic nitrogens is 1. The van der Waals surface area contributed by atoms with Crippen LogP contribution in [0, 0.1) is 11.8 Å². The van der Waals surface area contributed by atoms with Gasteiger partial charge in [-0.15, -0.1) is 12.4 Å². The Morgan fingerprint density at radius 2 is 1.73 bits per heavy atom. The van der Waals surface area contributed by atoms with Crippen molar-refractivity contribution in [3.8, 4) is 0 Å². The Balaban J connectivity index is 0.00000256. The fourth-order valence-corrected chi connectivity index (χ4v) is 4.50. The first-order valence-electron chi connectivity index (χ1n) is 11.2. The highest BCUT2D eigenvalue weighted by atomic mass is 35.5. The molecule has 0 bridgehead atoms. The summed E-state index contributed by atoms with van der Waals surface area (Å²) in [5, 5.41) is 3.42. The number of halogens is 1. The van der Waals surface area contributed by atoms with Crippen LogP contribution in [0.5, 0.6) is 0 Å². The van der Waals surface area contributed by atoms with Crippen molar-refractivity contribution in [1.29, 1.82) is 0 Å². The second-order valence-electron chi connectivity index (χ2n) is 8.43. The van der Waals surface area contributed by atoms with Gasteiger partial charge in [0, 0.05) is 39.3 Å². The van der Waals surface area contributed by atoms with Gasteiger partial charge >= 0.3 is 0 Å². The molecule has 3 aliphatic heterocycles. The van der Waals surface area contributed by atoms with Gasteiger partial charge in [0.1, 0.15) is 5.82 Å². The molecule has 1 aromatic heterocycles. The zero-order valence-corrected chi connectivity index (χ0v) is 18.6. The van der Waals surface area contributed by atoms with Crippen LogP contribution in [0.4, 0.5) is 11.5 Å². The Hall–Kier alpha value is -1.41. The summed E-state index contributed by atoms with van der Waals surface area (Å²) in [5.74, 6) is 2.19. The van der Waals surface area contributed by atoms with Crippen molar-refractivity contribution < 1.29 is 14.3 Å². The number of nitrogens with one attached hydrogen (secondary N) is 1. The summed E-state index contributed by atoms with van der Waals surface area (Å²) in [6.07, 6.45) is 6.72. The molecule has 3 fully saturated rings. The molecule has 168 valence electrons. The normalized spacial score (nSPS) is 21.1. The lowest BCUT2D eigenvalue weighted by Crippen LogP contribution is -2.40. The van der Waals surface area contributed by atoms with Gasteiger partial charge in [0.25, 0.3) is 0 Å². The monoisotopic (exact) mass is 438 g/mol. The zero-order valence-electron chi connectivity index (χ0n) is 17.8. The predicted octanol–water partition coefficient (Wildman–Crippen LogP) is 2.49. The van der Waals surface area contributed by atoms with Crippen LogP contribution in [0.25, 0.3) is 0 Å². The second kappa shape index (κ2) is 11.8. The van der Waals surface area contributed by atoms with Crippen LogP contribution >= 0.6 is 12.4 Å². The van der Waals surface area contributed by atoms with Gasteiger partial charge in [0.15, 0.2) is 0 Å². The topological polar surface area (TPSA) is 66.9 Å². The predicted molar refractivity (Wildman–Crippen MR) is 121 cm³/mol. The average molecular weight is 439 g/mol. The number of nitrogens with zero attached hydrogens (tertiary/aromatic N) is 3. The molecule has 8 heteroatoms. The van der Waals surface area contributed by atoms with Gasteiger partial charge in [0.2, 0.25) is 5.91 Å². The maximum absolute atomic E-state index is 13.3. The molecule has 3 saturated heterocycles. The molecule has 0 aliphatic carbocycles. The lowest BCUT2D eigenvalue weighted by atomic mass is 9.94. The molecule has 1 N–H and O–H groups in total. The van der Waals surface area contributed by atoms with E-state index in [1.165, 1.54) is 0 Å². The summed E-state index contributed by atoms with van der Waals surface area (Å²) in [7, 11) is 0. The number of rotatable bonds is 6. The summed E-state index contributed by atoms with van der Waals surface area (Å²) in [6.45, 7) is 7.67. The second-order valence-corrected chi connectivity index (χ2v) is 8.43. The number of carbonyl (C=O) groups is 1. The molecule has 0 atom stereocenters. The zero-order chi connectivity index (χ0) is 19.9. The summed E-state index contributed by atoms with van der Waals surface area (Å²) in [6, 6.07) is 4.12. The molecule has 0 spiro atoms. The third-order valence-corrected chi connectivity index (χ3v) is 6.38. The molecule has 3 aliphatic rings. The largest absolute Gasteiger partial charge is 0.381 e. The summed E-state index contributed by atoms with van der Waals surface area (Å²) in [5.41, 5.74) is 0.928. The lowest BCUT2D eigenvalue weighted by molar-refractivity contribution is -0.120. The maximum atomic E-state index is 13.3. The first kappa shape index (κ1) is 23.3. The van der Waals surface area contributed by atoms with Crippen LogP contribution in [0.1, 0.15) is 32.1 Å². The van der Waals surface area contributed by atoms with Crippen molar-refractivity contribution in [2.75, 3.05) is 69.0 Å². The van der Waals surface area contributed by atoms with E-state index in [1.54, 1.807) is 0 Å². The van der Waals surface area contributed by atoms with Gasteiger partial charge in [-0.3, -0.25) is 4.79 Å². The van der Waals surface area contributed by atoms with Gasteiger partial charge < -0.3 is 24.6 Å². The number of hydrogen-bond donors (Lipinski definition) is 1. The van der Waals surface area contributed by atoms with Gasteiger partial charge in [-0.05, 0) is 62.7 Å². The molecule has 4 heterocycles. The van der Waals surface area contributed by atoms with Crippen LogP contribution in [-0.4, -0.2) is 70.0 Å². The highest BCUT2D eigenvalue weighted by molar-refractivity contribution is 5.93. The van der Waals surface area contributed by atoms with Crippen molar-refractivity contribution in [3.63, 3.8) is 0 Å². The first-order chi connectivity index (χ1) is 14.3. The summed E-state index contributed by atoms with van der Waals surface area (Å²) in [4.78, 5) is 22.2. The molecule has 0 unspecified atom stereocenters. The van der Waals surface area contributed by atoms with E-state index in [9.17, 15) is 4.79 Å². The van der Waals surface area contributed by atoms with E-state index in [-0.39, 0.29) is 18.3 Å². The number of carbonyl (C=O) groups excluding carboxylic acids is 1. The highest BCUT2D eigenvalue weighted by Crippen LogP contribution is 2.26. The van der Waals surface area contributed by atoms with Crippen molar-refractivity contribution in [1.82, 2.24) is 10.3 Å². The Morgan fingerprint density at radius 1 is 1.03 bits per heavy atom. The van der Waals surface area contributed by atoms with Crippen LogP contribution < -0.4 is 15.1 Å². The van der Waals surface area contributed by atoms with Gasteiger partial charge in [0.05, 0.1) is 25.1 Å². The number of hydrogen-bond acceptors (Lipinski definition) is 6. The van der Waals surface area contributed by atoms with E-state index in [2.05, 4.69) is 27.3 Å². The van der Waals surface area contributed by atoms with Gasteiger partial charge in [-0.1, -0.05) is 0 Å². The summed E-state index contributed by atoms with van der Waals surface area (Å²) >= 11 is 0. The average Bonchev–Trinajstić information content (AvgIpc) is 2.79. The number of pyridine rings is 1. The maximum Gasteiger partial charge on any atom is 0.227 e. The minimum absolute atomic E-state index is 0. The van der Waals surface area contributed by atoms with E-state index in [0.29, 0.717) is 18.3 Å². The molecule has 30 heavy (non-hydrogen) atoms. The van der Waals surface area contributed by atoms with Crippen LogP contribution in [-0.2, 0) is 14.3 Å². The van der Waals surface area contributed by atoms with Crippen molar-refractivity contribution >= 4 is 29.8 Å². The van der Waals surface area contributed by atoms with E-state index in [1.807, 2.05) is 11.1 Å². The SMILES string of the molecule is Cl.O=C(CC1CCOCC1)N(CC1CCNCC1)c1ccc(N2CCOCC2)nc1. The Bertz CT molecular complexity index is 642. The number of amides is 1. The molecule has 1 aromatic rings. The standard InChI is InChI=1S/C22H34N4O3.ClH/c27-22(15-18-5-11-28-12-6-18)26(17-19-3-7-23-8-4-19)20-1-2-21(24-16-20)25-9-13-29-14-10-25;/h1-2,16,18-19,23H,3-15,17H2;1H. The smallest absolute Gasteiger partial charge is 0.227 e. The fraction of sp³-hybridized carbons (Fsp3) is 0.727. The van der Waals surface area contributed by atoms with E-state index < -0.39 is 0 Å². The number of ether oxygens (including phenoxy) is 2. The molecule has 0 radical (unpaired) electrons. The number of anilines is 2. The number of morpholine rings is 1. The van der Waals surface area contributed by atoms with E-state index >= 15 is 0 Å². The fourth-order valence-electron chi connectivity index (χ4n) is 4.50. The van der Waals surface area contributed by atoms with Gasteiger partial charge in [-0.2, -0.15) is 0 Å². The quantitative estimate of drug-likeness (QED) is 0.736. The van der Waals surface area contributed by atoms with Crippen LogP contribution in [0.15, 0.2) is 18.3 Å². The van der Waals surface area contributed by atoms with Crippen LogP contribution in [0.3, 0.4) is 0 Å². The minimum Gasteiger partial charge on any atom is -0.381 e. The Labute approximate surface area is 185 Å². The summed E-state index contributed by atoms with van der Waals surface area (Å²) < 4.78 is 10.9. The third-order valence-electron chi connectivity index (χ3n) is 6.38. The van der Waals surface area contributed by atoms with Gasteiger partial charge in [-0.25, -0.2) is 4.98 Å². The minimum atomic E-state index is 0. The molecule has 0 saturated carbocycles. The van der Waals surface area contributed by atoms with Crippen molar-refractivity contribution in [2.24, 2.45) is 11.8 Å². The van der Waals surface area contributed by atoms with E-state index in [4.69, 9.17) is 9.47 Å². The van der Waals surface area contributed by atoms with Crippen LogP contribution in [0.2, 0.25) is 0 Å². The first-order valence-corrected chi connectivity index (χ1v) is 11.2.